The topological polar surface area (TPSA) is 73.8 Å². The van der Waals surface area contributed by atoms with Gasteiger partial charge in [0, 0.05) is 25.1 Å². The van der Waals surface area contributed by atoms with Gasteiger partial charge in [0.2, 0.25) is 11.8 Å². The van der Waals surface area contributed by atoms with Crippen molar-refractivity contribution in [3.8, 4) is 11.8 Å². The van der Waals surface area contributed by atoms with E-state index in [1.807, 2.05) is 30.3 Å². The molecule has 1 aliphatic heterocycles. The van der Waals surface area contributed by atoms with E-state index in [4.69, 9.17) is 14.2 Å². The Kier molecular flexibility index (Phi) is 5.10. The Balaban J connectivity index is 1.46. The van der Waals surface area contributed by atoms with E-state index in [1.165, 1.54) is 7.11 Å². The van der Waals surface area contributed by atoms with Crippen LogP contribution in [0.25, 0.3) is 0 Å². The fourth-order valence-corrected chi connectivity index (χ4v) is 2.45. The highest BCUT2D eigenvalue weighted by molar-refractivity contribution is 5.68. The highest BCUT2D eigenvalue weighted by Crippen LogP contribution is 2.18. The number of amides is 1. The molecule has 1 aromatic heterocycles. The number of likely N-dealkylation sites (tertiary alicyclic amines) is 1. The monoisotopic (exact) mass is 329 g/mol. The van der Waals surface area contributed by atoms with Gasteiger partial charge in [-0.1, -0.05) is 30.3 Å². The van der Waals surface area contributed by atoms with Crippen LogP contribution in [-0.4, -0.2) is 47.5 Å². The largest absolute Gasteiger partial charge is 0.480 e. The highest BCUT2D eigenvalue weighted by atomic mass is 16.6. The summed E-state index contributed by atoms with van der Waals surface area (Å²) in [6.07, 6.45) is 0.288. The lowest BCUT2D eigenvalue weighted by molar-refractivity contribution is 0.0987. The molecule has 0 radical (unpaired) electrons. The van der Waals surface area contributed by atoms with Crippen LogP contribution >= 0.6 is 0 Å². The van der Waals surface area contributed by atoms with Gasteiger partial charge in [-0.05, 0) is 5.56 Å². The van der Waals surface area contributed by atoms with Gasteiger partial charge in [0.25, 0.3) is 0 Å². The number of nitrogens with zero attached hydrogens (tertiary/aromatic N) is 3. The molecule has 24 heavy (non-hydrogen) atoms. The third-order valence-electron chi connectivity index (χ3n) is 3.72. The van der Waals surface area contributed by atoms with E-state index in [0.717, 1.165) is 12.0 Å². The Morgan fingerprint density at radius 3 is 2.62 bits per heavy atom. The van der Waals surface area contributed by atoms with Crippen LogP contribution in [0.1, 0.15) is 12.0 Å². The SMILES string of the molecule is COc1ccc(OC2CCN(C(=O)OCc3ccccc3)C2)nn1. The van der Waals surface area contributed by atoms with E-state index in [-0.39, 0.29) is 18.8 Å². The first-order valence-corrected chi connectivity index (χ1v) is 7.74. The average molecular weight is 329 g/mol. The van der Waals surface area contributed by atoms with E-state index >= 15 is 0 Å². The molecule has 3 rings (SSSR count). The molecular weight excluding hydrogens is 310 g/mol. The zero-order valence-electron chi connectivity index (χ0n) is 13.4. The summed E-state index contributed by atoms with van der Waals surface area (Å²) in [4.78, 5) is 13.7. The lowest BCUT2D eigenvalue weighted by Crippen LogP contribution is -2.31. The zero-order chi connectivity index (χ0) is 16.8. The molecule has 2 heterocycles. The van der Waals surface area contributed by atoms with Crippen molar-refractivity contribution in [1.29, 1.82) is 0 Å². The maximum atomic E-state index is 12.1. The number of hydrogen-bond donors (Lipinski definition) is 0. The molecule has 7 heteroatoms. The molecule has 126 valence electrons. The summed E-state index contributed by atoms with van der Waals surface area (Å²) in [5.41, 5.74) is 0.964. The molecule has 1 fully saturated rings. The number of methoxy groups -OCH3 is 1. The molecule has 1 unspecified atom stereocenters. The van der Waals surface area contributed by atoms with Gasteiger partial charge in [-0.2, -0.15) is 0 Å². The zero-order valence-corrected chi connectivity index (χ0v) is 13.4. The van der Waals surface area contributed by atoms with Crippen molar-refractivity contribution in [3.05, 3.63) is 48.0 Å². The molecule has 1 amide bonds. The van der Waals surface area contributed by atoms with E-state index in [1.54, 1.807) is 17.0 Å². The summed E-state index contributed by atoms with van der Waals surface area (Å²) < 4.78 is 16.0. The summed E-state index contributed by atoms with van der Waals surface area (Å²) in [6, 6.07) is 13.0. The van der Waals surface area contributed by atoms with Crippen LogP contribution in [0.5, 0.6) is 11.8 Å². The predicted octanol–water partition coefficient (Wildman–Crippen LogP) is 2.28. The average Bonchev–Trinajstić information content (AvgIpc) is 3.10. The van der Waals surface area contributed by atoms with Crippen molar-refractivity contribution in [3.63, 3.8) is 0 Å². The number of ether oxygens (including phenoxy) is 3. The Bertz CT molecular complexity index is 663. The molecule has 0 bridgehead atoms. The van der Waals surface area contributed by atoms with Gasteiger partial charge in [0.05, 0.1) is 13.7 Å². The Morgan fingerprint density at radius 2 is 1.92 bits per heavy atom. The minimum Gasteiger partial charge on any atom is -0.480 e. The number of carbonyl (C=O) groups is 1. The number of carbonyl (C=O) groups excluding carboxylic acids is 1. The molecule has 0 saturated carbocycles. The first-order chi connectivity index (χ1) is 11.7. The van der Waals surface area contributed by atoms with Crippen LogP contribution in [0.15, 0.2) is 42.5 Å². The van der Waals surface area contributed by atoms with Crippen molar-refractivity contribution in [1.82, 2.24) is 15.1 Å². The summed E-state index contributed by atoms with van der Waals surface area (Å²) in [6.45, 7) is 1.34. The number of benzene rings is 1. The van der Waals surface area contributed by atoms with Gasteiger partial charge in [0.15, 0.2) is 0 Å². The maximum absolute atomic E-state index is 12.1. The van der Waals surface area contributed by atoms with Crippen LogP contribution in [0.4, 0.5) is 4.79 Å². The standard InChI is InChI=1S/C17H19N3O4/c1-22-15-7-8-16(19-18-15)24-14-9-10-20(11-14)17(21)23-12-13-5-3-2-4-6-13/h2-8,14H,9-12H2,1H3. The van der Waals surface area contributed by atoms with E-state index in [0.29, 0.717) is 24.8 Å². The molecule has 2 aromatic rings. The number of rotatable bonds is 5. The van der Waals surface area contributed by atoms with E-state index in [9.17, 15) is 4.79 Å². The highest BCUT2D eigenvalue weighted by Gasteiger charge is 2.29. The van der Waals surface area contributed by atoms with Crippen LogP contribution in [0.2, 0.25) is 0 Å². The number of hydrogen-bond acceptors (Lipinski definition) is 6. The fourth-order valence-electron chi connectivity index (χ4n) is 2.45. The van der Waals surface area contributed by atoms with Crippen molar-refractivity contribution < 1.29 is 19.0 Å². The van der Waals surface area contributed by atoms with Gasteiger partial charge in [0.1, 0.15) is 12.7 Å². The van der Waals surface area contributed by atoms with Crippen molar-refractivity contribution in [2.75, 3.05) is 20.2 Å². The summed E-state index contributed by atoms with van der Waals surface area (Å²) in [7, 11) is 1.53. The van der Waals surface area contributed by atoms with E-state index in [2.05, 4.69) is 10.2 Å². The van der Waals surface area contributed by atoms with Crippen LogP contribution in [-0.2, 0) is 11.3 Å². The Labute approximate surface area is 140 Å². The lowest BCUT2D eigenvalue weighted by atomic mass is 10.2. The molecule has 0 N–H and O–H groups in total. The van der Waals surface area contributed by atoms with Gasteiger partial charge in [-0.25, -0.2) is 4.79 Å². The number of aromatic nitrogens is 2. The first-order valence-electron chi connectivity index (χ1n) is 7.74. The van der Waals surface area contributed by atoms with Gasteiger partial charge in [-0.15, -0.1) is 10.2 Å². The maximum Gasteiger partial charge on any atom is 0.410 e. The Morgan fingerprint density at radius 1 is 1.17 bits per heavy atom. The summed E-state index contributed by atoms with van der Waals surface area (Å²) in [5, 5.41) is 7.78. The fraction of sp³-hybridized carbons (Fsp3) is 0.353. The lowest BCUT2D eigenvalue weighted by Gasteiger charge is -2.16. The van der Waals surface area contributed by atoms with Crippen molar-refractivity contribution in [2.45, 2.75) is 19.1 Å². The van der Waals surface area contributed by atoms with Gasteiger partial charge >= 0.3 is 6.09 Å². The second-order valence-corrected chi connectivity index (χ2v) is 5.43. The van der Waals surface area contributed by atoms with Crippen LogP contribution in [0, 0.1) is 0 Å². The molecule has 1 atom stereocenters. The first kappa shape index (κ1) is 16.0. The minimum atomic E-state index is -0.328. The summed E-state index contributed by atoms with van der Waals surface area (Å²) >= 11 is 0. The normalized spacial score (nSPS) is 16.7. The second-order valence-electron chi connectivity index (χ2n) is 5.43. The molecule has 1 saturated heterocycles. The third kappa shape index (κ3) is 4.13. The molecule has 1 aromatic carbocycles. The molecule has 1 aliphatic rings. The Hall–Kier alpha value is -2.83. The van der Waals surface area contributed by atoms with Gasteiger partial charge in [-0.3, -0.25) is 0 Å². The van der Waals surface area contributed by atoms with E-state index < -0.39 is 0 Å². The van der Waals surface area contributed by atoms with Crippen LogP contribution < -0.4 is 9.47 Å². The van der Waals surface area contributed by atoms with Crippen LogP contribution in [0.3, 0.4) is 0 Å². The molecular formula is C17H19N3O4. The third-order valence-corrected chi connectivity index (χ3v) is 3.72. The molecule has 0 spiro atoms. The van der Waals surface area contributed by atoms with Gasteiger partial charge < -0.3 is 19.1 Å². The van der Waals surface area contributed by atoms with Crippen molar-refractivity contribution in [2.24, 2.45) is 0 Å². The minimum absolute atomic E-state index is 0.114. The molecule has 0 aliphatic carbocycles. The predicted molar refractivity (Wildman–Crippen MR) is 85.8 cm³/mol. The quantitative estimate of drug-likeness (QED) is 0.838. The summed E-state index contributed by atoms with van der Waals surface area (Å²) in [5.74, 6) is 0.847. The second kappa shape index (κ2) is 7.63. The molecule has 7 nitrogen and oxygen atoms in total. The smallest absolute Gasteiger partial charge is 0.410 e. The van der Waals surface area contributed by atoms with Crippen molar-refractivity contribution >= 4 is 6.09 Å².